The van der Waals surface area contributed by atoms with Gasteiger partial charge in [0.1, 0.15) is 0 Å². The van der Waals surface area contributed by atoms with Gasteiger partial charge in [0.15, 0.2) is 0 Å². The third kappa shape index (κ3) is 8.96. The molecule has 172 valence electrons. The molecule has 0 aromatic heterocycles. The molecule has 2 saturated carbocycles. The summed E-state index contributed by atoms with van der Waals surface area (Å²) in [5, 5.41) is 21.5. The van der Waals surface area contributed by atoms with Gasteiger partial charge in [0.25, 0.3) is 0 Å². The molecule has 0 heterocycles. The molecule has 2 N–H and O–H groups in total. The van der Waals surface area contributed by atoms with Crippen LogP contribution in [0.5, 0.6) is 0 Å². The van der Waals surface area contributed by atoms with Crippen molar-refractivity contribution in [2.45, 2.75) is 134 Å². The number of hydrogen-bond acceptors (Lipinski definition) is 2. The molecule has 0 bridgehead atoms. The Morgan fingerprint density at radius 3 is 2.17 bits per heavy atom. The lowest BCUT2D eigenvalue weighted by atomic mass is 9.77. The molecule has 0 aliphatic heterocycles. The van der Waals surface area contributed by atoms with Gasteiger partial charge in [-0.15, -0.1) is 0 Å². The Morgan fingerprint density at radius 2 is 1.62 bits per heavy atom. The molecule has 0 saturated heterocycles. The Kier molecular flexibility index (Phi) is 11.3. The van der Waals surface area contributed by atoms with Crippen molar-refractivity contribution >= 4 is 22.6 Å². The molecule has 3 unspecified atom stereocenters. The first-order valence-electron chi connectivity index (χ1n) is 12.8. The first-order valence-corrected chi connectivity index (χ1v) is 14.0. The van der Waals surface area contributed by atoms with Crippen molar-refractivity contribution in [3.8, 4) is 0 Å². The van der Waals surface area contributed by atoms with Crippen LogP contribution in [0.2, 0.25) is 0 Å². The zero-order chi connectivity index (χ0) is 21.4. The van der Waals surface area contributed by atoms with E-state index in [-0.39, 0.29) is 12.2 Å². The second kappa shape index (κ2) is 12.6. The predicted octanol–water partition coefficient (Wildman–Crippen LogP) is 7.53. The zero-order valence-electron chi connectivity index (χ0n) is 19.7. The van der Waals surface area contributed by atoms with Crippen molar-refractivity contribution in [3.05, 3.63) is 0 Å². The lowest BCUT2D eigenvalue weighted by Crippen LogP contribution is -2.29. The molecule has 0 aromatic rings. The van der Waals surface area contributed by atoms with E-state index in [9.17, 15) is 10.2 Å². The number of alkyl halides is 1. The molecule has 0 amide bonds. The minimum atomic E-state index is -0.151. The molecule has 0 aromatic carbocycles. The Morgan fingerprint density at radius 1 is 0.966 bits per heavy atom. The fraction of sp³-hybridized carbons (Fsp3) is 1.00. The molecule has 0 radical (unpaired) electrons. The highest BCUT2D eigenvalue weighted by Gasteiger charge is 2.41. The van der Waals surface area contributed by atoms with Crippen LogP contribution in [0.25, 0.3) is 0 Å². The first-order chi connectivity index (χ1) is 13.8. The lowest BCUT2D eigenvalue weighted by molar-refractivity contribution is 0.0521. The summed E-state index contributed by atoms with van der Waals surface area (Å²) in [6.07, 6.45) is 16.9. The van der Waals surface area contributed by atoms with E-state index in [1.807, 2.05) is 0 Å². The van der Waals surface area contributed by atoms with Crippen molar-refractivity contribution < 1.29 is 10.2 Å². The van der Waals surface area contributed by atoms with Crippen LogP contribution in [0.4, 0.5) is 0 Å². The molecule has 29 heavy (non-hydrogen) atoms. The van der Waals surface area contributed by atoms with E-state index < -0.39 is 0 Å². The van der Waals surface area contributed by atoms with Crippen LogP contribution in [0.3, 0.4) is 0 Å². The molecule has 2 fully saturated rings. The summed E-state index contributed by atoms with van der Waals surface area (Å²) in [6.45, 7) is 9.19. The number of halogens is 1. The molecule has 2 aliphatic rings. The van der Waals surface area contributed by atoms with Crippen molar-refractivity contribution in [1.82, 2.24) is 0 Å². The number of aliphatic hydroxyl groups excluding tert-OH is 2. The first kappa shape index (κ1) is 25.9. The van der Waals surface area contributed by atoms with Gasteiger partial charge in [-0.25, -0.2) is 0 Å². The van der Waals surface area contributed by atoms with Crippen LogP contribution in [-0.4, -0.2) is 26.3 Å². The fourth-order valence-corrected chi connectivity index (χ4v) is 6.29. The molecular weight excluding hydrogens is 471 g/mol. The number of rotatable bonds is 14. The number of aliphatic hydroxyl groups is 2. The summed E-state index contributed by atoms with van der Waals surface area (Å²) in [5.74, 6) is 2.37. The van der Waals surface area contributed by atoms with E-state index in [1.165, 1.54) is 64.2 Å². The maximum atomic E-state index is 10.8. The third-order valence-corrected chi connectivity index (χ3v) is 9.41. The quantitative estimate of drug-likeness (QED) is 0.184. The lowest BCUT2D eigenvalue weighted by Gasteiger charge is -2.32. The molecule has 2 aliphatic carbocycles. The van der Waals surface area contributed by atoms with E-state index >= 15 is 0 Å². The monoisotopic (exact) mass is 520 g/mol. The van der Waals surface area contributed by atoms with Crippen molar-refractivity contribution in [2.75, 3.05) is 0 Å². The molecular formula is C26H49IO2. The average Bonchev–Trinajstić information content (AvgIpc) is 3.45. The van der Waals surface area contributed by atoms with Gasteiger partial charge in [0.05, 0.1) is 12.2 Å². The van der Waals surface area contributed by atoms with E-state index in [0.29, 0.717) is 27.1 Å². The minimum Gasteiger partial charge on any atom is -0.393 e. The van der Waals surface area contributed by atoms with Crippen LogP contribution < -0.4 is 0 Å². The van der Waals surface area contributed by atoms with Gasteiger partial charge in [-0.05, 0) is 93.3 Å². The van der Waals surface area contributed by atoms with E-state index in [2.05, 4.69) is 50.3 Å². The SMILES string of the molecule is CCCC1(CCC(C)C(O)CCC[C@@H](CC(O)C2CCC(C)CC2)[C@@H](C)I)CC1. The van der Waals surface area contributed by atoms with Gasteiger partial charge < -0.3 is 10.2 Å². The van der Waals surface area contributed by atoms with E-state index in [1.54, 1.807) is 0 Å². The Bertz CT molecular complexity index is 440. The summed E-state index contributed by atoms with van der Waals surface area (Å²) >= 11 is 2.55. The van der Waals surface area contributed by atoms with Gasteiger partial charge >= 0.3 is 0 Å². The summed E-state index contributed by atoms with van der Waals surface area (Å²) in [4.78, 5) is 0. The van der Waals surface area contributed by atoms with Crippen LogP contribution in [0, 0.1) is 29.1 Å². The molecule has 3 heteroatoms. The normalized spacial score (nSPS) is 29.1. The van der Waals surface area contributed by atoms with Gasteiger partial charge in [-0.2, -0.15) is 0 Å². The highest BCUT2D eigenvalue weighted by atomic mass is 127. The molecule has 0 spiro atoms. The summed E-state index contributed by atoms with van der Waals surface area (Å²) in [5.41, 5.74) is 0.650. The highest BCUT2D eigenvalue weighted by Crippen LogP contribution is 2.53. The Labute approximate surface area is 195 Å². The second-order valence-corrected chi connectivity index (χ2v) is 13.0. The standard InChI is InChI=1S/C26H49IO2/c1-5-14-26(16-17-26)15-13-20(3)24(28)8-6-7-23(21(4)27)18-25(29)22-11-9-19(2)10-12-22/h19-25,28-29H,5-18H2,1-4H3/t19?,20?,21-,22?,23+,24?,25?/m1/s1. The zero-order valence-corrected chi connectivity index (χ0v) is 21.9. The van der Waals surface area contributed by atoms with Gasteiger partial charge in [0, 0.05) is 3.92 Å². The van der Waals surface area contributed by atoms with Crippen molar-refractivity contribution in [1.29, 1.82) is 0 Å². The van der Waals surface area contributed by atoms with Crippen LogP contribution >= 0.6 is 22.6 Å². The predicted molar refractivity (Wildman–Crippen MR) is 134 cm³/mol. The van der Waals surface area contributed by atoms with Gasteiger partial charge in [-0.3, -0.25) is 0 Å². The number of hydrogen-bond donors (Lipinski definition) is 2. The maximum Gasteiger partial charge on any atom is 0.0571 e. The largest absolute Gasteiger partial charge is 0.393 e. The Balaban J connectivity index is 1.67. The molecule has 5 atom stereocenters. The topological polar surface area (TPSA) is 40.5 Å². The summed E-state index contributed by atoms with van der Waals surface area (Å²) < 4.78 is 0.586. The van der Waals surface area contributed by atoms with Crippen molar-refractivity contribution in [2.24, 2.45) is 29.1 Å². The highest BCUT2D eigenvalue weighted by molar-refractivity contribution is 14.1. The van der Waals surface area contributed by atoms with Gasteiger partial charge in [0.2, 0.25) is 0 Å². The summed E-state index contributed by atoms with van der Waals surface area (Å²) in [6, 6.07) is 0. The maximum absolute atomic E-state index is 10.8. The van der Waals surface area contributed by atoms with Crippen LogP contribution in [-0.2, 0) is 0 Å². The second-order valence-electron chi connectivity index (χ2n) is 11.0. The fourth-order valence-electron chi connectivity index (χ4n) is 5.64. The van der Waals surface area contributed by atoms with Crippen LogP contribution in [0.15, 0.2) is 0 Å². The van der Waals surface area contributed by atoms with E-state index in [0.717, 1.165) is 31.6 Å². The average molecular weight is 521 g/mol. The summed E-state index contributed by atoms with van der Waals surface area (Å²) in [7, 11) is 0. The van der Waals surface area contributed by atoms with Crippen LogP contribution in [0.1, 0.15) is 118 Å². The van der Waals surface area contributed by atoms with Gasteiger partial charge in [-0.1, -0.05) is 76.0 Å². The minimum absolute atomic E-state index is 0.123. The third-order valence-electron chi connectivity index (χ3n) is 8.40. The molecule has 2 rings (SSSR count). The smallest absolute Gasteiger partial charge is 0.0571 e. The Hall–Kier alpha value is 0.650. The van der Waals surface area contributed by atoms with E-state index in [4.69, 9.17) is 0 Å². The van der Waals surface area contributed by atoms with Crippen molar-refractivity contribution in [3.63, 3.8) is 0 Å². The molecule has 2 nitrogen and oxygen atoms in total.